The molecule has 0 aliphatic heterocycles. The Kier molecular flexibility index (Phi) is 7.33. The van der Waals surface area contributed by atoms with Gasteiger partial charge in [0.05, 0.1) is 12.2 Å². The molecule has 1 atom stereocenters. The van der Waals surface area contributed by atoms with Gasteiger partial charge in [-0.15, -0.1) is 0 Å². The molecule has 200 valence electrons. The van der Waals surface area contributed by atoms with Crippen LogP contribution in [0.1, 0.15) is 73.0 Å². The second-order valence-corrected chi connectivity index (χ2v) is 9.54. The number of nitrogens with two attached hydrogens (primary N) is 1. The molecule has 11 nitrogen and oxygen atoms in total. The summed E-state index contributed by atoms with van der Waals surface area (Å²) in [5.74, 6) is -0.629. The second-order valence-electron chi connectivity index (χ2n) is 9.54. The molecule has 11 heteroatoms. The van der Waals surface area contributed by atoms with Crippen molar-refractivity contribution in [2.24, 2.45) is 10.7 Å². The lowest BCUT2D eigenvalue weighted by Crippen LogP contribution is -2.30. The van der Waals surface area contributed by atoms with Gasteiger partial charge in [-0.05, 0) is 48.1 Å². The molecule has 0 spiro atoms. The number of aliphatic imine (C=N–C) groups is 1. The van der Waals surface area contributed by atoms with Crippen molar-refractivity contribution < 1.29 is 14.4 Å². The highest BCUT2D eigenvalue weighted by Crippen LogP contribution is 2.32. The van der Waals surface area contributed by atoms with E-state index in [0.717, 1.165) is 28.7 Å². The molecular weight excluding hydrogens is 508 g/mol. The van der Waals surface area contributed by atoms with Crippen LogP contribution in [0.25, 0.3) is 5.65 Å². The Morgan fingerprint density at radius 2 is 1.95 bits per heavy atom. The first kappa shape index (κ1) is 26.2. The van der Waals surface area contributed by atoms with Gasteiger partial charge in [-0.25, -0.2) is 9.50 Å². The van der Waals surface area contributed by atoms with Gasteiger partial charge >= 0.3 is 0 Å². The van der Waals surface area contributed by atoms with Gasteiger partial charge < -0.3 is 16.4 Å². The molecule has 2 aromatic carbocycles. The van der Waals surface area contributed by atoms with Crippen molar-refractivity contribution in [3.63, 3.8) is 0 Å². The van der Waals surface area contributed by atoms with Crippen molar-refractivity contribution in [2.45, 2.75) is 38.8 Å². The summed E-state index contributed by atoms with van der Waals surface area (Å²) in [4.78, 5) is 46.1. The largest absolute Gasteiger partial charge is 0.386 e. The van der Waals surface area contributed by atoms with Crippen molar-refractivity contribution in [1.29, 1.82) is 5.26 Å². The number of aryl methyl sites for hydroxylation is 1. The highest BCUT2D eigenvalue weighted by Gasteiger charge is 2.26. The minimum atomic E-state index is -0.448. The Bertz CT molecular complexity index is 1720. The maximum absolute atomic E-state index is 13.4. The molecule has 1 aliphatic rings. The predicted octanol–water partition coefficient (Wildman–Crippen LogP) is 2.66. The Labute approximate surface area is 229 Å². The first-order valence-corrected chi connectivity index (χ1v) is 12.7. The highest BCUT2D eigenvalue weighted by atomic mass is 16.2. The standard InChI is InChI=1S/C29H26N8O3/c1-17(38)20-5-7-22-21(13-20)6-8-23(22)36-29(40)25-14-24(35-27-9-10-34-37(25)27)28(39)32-15-19-4-2-3-18(11-19)12-26(31)33-16-30/h2-5,7,9-11,13-14,23H,6,8,12,15H2,1H3,(H2,31,33)(H,32,39)(H,36,40)/t23-/m0/s1. The van der Waals surface area contributed by atoms with E-state index < -0.39 is 5.91 Å². The Hall–Kier alpha value is -5.37. The van der Waals surface area contributed by atoms with E-state index in [-0.39, 0.29) is 41.5 Å². The number of benzene rings is 2. The summed E-state index contributed by atoms with van der Waals surface area (Å²) < 4.78 is 1.40. The van der Waals surface area contributed by atoms with E-state index in [2.05, 4.69) is 25.7 Å². The van der Waals surface area contributed by atoms with Crippen molar-refractivity contribution >= 4 is 29.1 Å². The van der Waals surface area contributed by atoms with Crippen LogP contribution in [0.15, 0.2) is 65.8 Å². The van der Waals surface area contributed by atoms with Gasteiger partial charge in [-0.3, -0.25) is 14.4 Å². The summed E-state index contributed by atoms with van der Waals surface area (Å²) in [6, 6.07) is 15.8. The van der Waals surface area contributed by atoms with E-state index in [1.54, 1.807) is 18.3 Å². The van der Waals surface area contributed by atoms with E-state index in [4.69, 9.17) is 11.0 Å². The number of carbonyl (C=O) groups is 3. The number of fused-ring (bicyclic) bond motifs is 2. The monoisotopic (exact) mass is 534 g/mol. The average molecular weight is 535 g/mol. The first-order valence-electron chi connectivity index (χ1n) is 12.7. The van der Waals surface area contributed by atoms with Crippen LogP contribution in [-0.2, 0) is 19.4 Å². The van der Waals surface area contributed by atoms with Crippen molar-refractivity contribution in [1.82, 2.24) is 25.2 Å². The molecule has 1 aliphatic carbocycles. The topological polar surface area (TPSA) is 168 Å². The Morgan fingerprint density at radius 1 is 1.12 bits per heavy atom. The van der Waals surface area contributed by atoms with Gasteiger partial charge in [0.25, 0.3) is 11.8 Å². The molecule has 0 saturated heterocycles. The predicted molar refractivity (Wildman–Crippen MR) is 147 cm³/mol. The molecule has 0 fully saturated rings. The fraction of sp³-hybridized carbons (Fsp3) is 0.207. The van der Waals surface area contributed by atoms with Gasteiger partial charge in [0.1, 0.15) is 17.2 Å². The number of hydrogen-bond donors (Lipinski definition) is 3. The highest BCUT2D eigenvalue weighted by molar-refractivity contribution is 5.98. The third-order valence-corrected chi connectivity index (χ3v) is 6.78. The summed E-state index contributed by atoms with van der Waals surface area (Å²) in [6.07, 6.45) is 4.95. The van der Waals surface area contributed by atoms with Crippen LogP contribution in [0.5, 0.6) is 0 Å². The van der Waals surface area contributed by atoms with Crippen molar-refractivity contribution in [2.75, 3.05) is 0 Å². The third-order valence-electron chi connectivity index (χ3n) is 6.78. The lowest BCUT2D eigenvalue weighted by molar-refractivity contribution is 0.0927. The molecule has 0 unspecified atom stereocenters. The lowest BCUT2D eigenvalue weighted by atomic mass is 10.0. The molecular formula is C29H26N8O3. The number of rotatable bonds is 8. The quantitative estimate of drug-likeness (QED) is 0.135. The number of nitriles is 1. The van der Waals surface area contributed by atoms with E-state index in [1.807, 2.05) is 36.4 Å². The van der Waals surface area contributed by atoms with Gasteiger partial charge in [-0.2, -0.15) is 15.4 Å². The van der Waals surface area contributed by atoms with Crippen LogP contribution >= 0.6 is 0 Å². The zero-order chi connectivity index (χ0) is 28.2. The van der Waals surface area contributed by atoms with Crippen LogP contribution in [0, 0.1) is 11.5 Å². The van der Waals surface area contributed by atoms with Crippen LogP contribution in [0.4, 0.5) is 0 Å². The molecule has 40 heavy (non-hydrogen) atoms. The van der Waals surface area contributed by atoms with E-state index in [9.17, 15) is 14.4 Å². The van der Waals surface area contributed by atoms with E-state index >= 15 is 0 Å². The fourth-order valence-corrected chi connectivity index (χ4v) is 4.85. The summed E-state index contributed by atoms with van der Waals surface area (Å²) in [5.41, 5.74) is 10.7. The number of carbonyl (C=O) groups excluding carboxylic acids is 3. The minimum absolute atomic E-state index is 0.00130. The summed E-state index contributed by atoms with van der Waals surface area (Å²) >= 11 is 0. The number of amidine groups is 1. The zero-order valence-corrected chi connectivity index (χ0v) is 21.7. The number of hydrogen-bond acceptors (Lipinski definition) is 7. The van der Waals surface area contributed by atoms with Crippen LogP contribution in [-0.4, -0.2) is 38.0 Å². The van der Waals surface area contributed by atoms with Gasteiger partial charge in [0, 0.05) is 30.7 Å². The van der Waals surface area contributed by atoms with Crippen molar-refractivity contribution in [3.05, 3.63) is 100.0 Å². The third kappa shape index (κ3) is 5.56. The van der Waals surface area contributed by atoms with Gasteiger partial charge in [0.15, 0.2) is 11.4 Å². The molecule has 4 aromatic rings. The summed E-state index contributed by atoms with van der Waals surface area (Å²) in [5, 5.41) is 18.8. The van der Waals surface area contributed by atoms with Crippen molar-refractivity contribution in [3.8, 4) is 6.19 Å². The molecule has 0 bridgehead atoms. The maximum atomic E-state index is 13.4. The number of amides is 2. The number of nitrogens with one attached hydrogen (secondary N) is 2. The second kappa shape index (κ2) is 11.2. The summed E-state index contributed by atoms with van der Waals surface area (Å²) in [7, 11) is 0. The fourth-order valence-electron chi connectivity index (χ4n) is 4.85. The summed E-state index contributed by atoms with van der Waals surface area (Å²) in [6.45, 7) is 1.75. The molecule has 2 amide bonds. The van der Waals surface area contributed by atoms with E-state index in [1.165, 1.54) is 23.7 Å². The zero-order valence-electron chi connectivity index (χ0n) is 21.7. The van der Waals surface area contributed by atoms with Crippen LogP contribution < -0.4 is 16.4 Å². The maximum Gasteiger partial charge on any atom is 0.270 e. The number of nitrogens with zero attached hydrogens (tertiary/aromatic N) is 5. The van der Waals surface area contributed by atoms with E-state index in [0.29, 0.717) is 24.1 Å². The SMILES string of the molecule is CC(=O)c1ccc2c(c1)CC[C@@H]2NC(=O)c1cc(C(=O)NCc2cccc(CC(N)=NC#N)c2)nc2ccnn12. The first-order chi connectivity index (χ1) is 19.3. The number of Topliss-reactive ketones (excluding diaryl/α,β-unsaturated/α-hetero) is 1. The van der Waals surface area contributed by atoms with Gasteiger partial charge in [0.2, 0.25) is 6.19 Å². The molecule has 5 rings (SSSR count). The Morgan fingerprint density at radius 3 is 2.75 bits per heavy atom. The molecule has 2 aromatic heterocycles. The number of ketones is 1. The lowest BCUT2D eigenvalue weighted by Gasteiger charge is -2.15. The normalized spacial score (nSPS) is 14.4. The van der Waals surface area contributed by atoms with Crippen LogP contribution in [0.3, 0.4) is 0 Å². The molecule has 4 N–H and O–H groups in total. The van der Waals surface area contributed by atoms with Gasteiger partial charge in [-0.1, -0.05) is 36.4 Å². The minimum Gasteiger partial charge on any atom is -0.386 e. The molecule has 0 radical (unpaired) electrons. The average Bonchev–Trinajstić information content (AvgIpc) is 3.58. The molecule has 2 heterocycles. The Balaban J connectivity index is 1.32. The molecule has 0 saturated carbocycles. The smallest absolute Gasteiger partial charge is 0.270 e. The van der Waals surface area contributed by atoms with Crippen LogP contribution in [0.2, 0.25) is 0 Å². The number of aromatic nitrogens is 3.